The van der Waals surface area contributed by atoms with Gasteiger partial charge in [0, 0.05) is 23.7 Å². The Labute approximate surface area is 142 Å². The largest absolute Gasteiger partial charge is 0.481 e. The zero-order valence-corrected chi connectivity index (χ0v) is 14.4. The molecule has 0 aliphatic heterocycles. The summed E-state index contributed by atoms with van der Waals surface area (Å²) in [6, 6.07) is 12.2. The first-order chi connectivity index (χ1) is 11.6. The van der Waals surface area contributed by atoms with Crippen LogP contribution >= 0.6 is 0 Å². The van der Waals surface area contributed by atoms with Crippen LogP contribution in [0.5, 0.6) is 5.88 Å². The summed E-state index contributed by atoms with van der Waals surface area (Å²) in [6.07, 6.45) is 0.524. The highest BCUT2D eigenvalue weighted by atomic mass is 16.5. The molecular weight excluding hydrogens is 304 g/mol. The van der Waals surface area contributed by atoms with E-state index in [-0.39, 0.29) is 5.92 Å². The lowest BCUT2D eigenvalue weighted by atomic mass is 9.87. The van der Waals surface area contributed by atoms with Gasteiger partial charge in [-0.3, -0.25) is 0 Å². The Balaban J connectivity index is 2.44. The number of rotatable bonds is 7. The molecule has 0 bridgehead atoms. The fourth-order valence-electron chi connectivity index (χ4n) is 2.92. The molecule has 5 nitrogen and oxygen atoms in total. The van der Waals surface area contributed by atoms with E-state index in [1.165, 1.54) is 5.56 Å². The van der Waals surface area contributed by atoms with E-state index in [0.717, 1.165) is 23.2 Å². The minimum absolute atomic E-state index is 0.0198. The van der Waals surface area contributed by atoms with Crippen molar-refractivity contribution in [2.24, 2.45) is 0 Å². The van der Waals surface area contributed by atoms with Crippen LogP contribution in [0, 0.1) is 6.92 Å². The number of benzene rings is 1. The summed E-state index contributed by atoms with van der Waals surface area (Å²) in [5.74, 6) is 0.625. The summed E-state index contributed by atoms with van der Waals surface area (Å²) in [6.45, 7) is 4.45. The highest BCUT2D eigenvalue weighted by Gasteiger charge is 2.21. The van der Waals surface area contributed by atoms with Crippen molar-refractivity contribution in [3.8, 4) is 5.88 Å². The first-order valence-electron chi connectivity index (χ1n) is 8.13. The van der Waals surface area contributed by atoms with Crippen molar-refractivity contribution in [2.75, 3.05) is 13.7 Å². The van der Waals surface area contributed by atoms with Crippen LogP contribution in [0.15, 0.2) is 36.4 Å². The molecule has 0 saturated carbocycles. The Morgan fingerprint density at radius 3 is 2.62 bits per heavy atom. The maximum absolute atomic E-state index is 10.8. The van der Waals surface area contributed by atoms with Gasteiger partial charge in [-0.05, 0) is 37.0 Å². The Morgan fingerprint density at radius 1 is 1.33 bits per heavy atom. The minimum Gasteiger partial charge on any atom is -0.481 e. The number of pyridine rings is 1. The highest BCUT2D eigenvalue weighted by molar-refractivity contribution is 5.64. The van der Waals surface area contributed by atoms with Crippen molar-refractivity contribution in [2.45, 2.75) is 32.6 Å². The molecule has 1 amide bonds. The van der Waals surface area contributed by atoms with Gasteiger partial charge in [-0.2, -0.15) is 0 Å². The lowest BCUT2D eigenvalue weighted by Gasteiger charge is -2.21. The van der Waals surface area contributed by atoms with Crippen LogP contribution in [0.2, 0.25) is 0 Å². The van der Waals surface area contributed by atoms with Crippen LogP contribution in [0.4, 0.5) is 4.79 Å². The van der Waals surface area contributed by atoms with Crippen molar-refractivity contribution in [1.29, 1.82) is 0 Å². The summed E-state index contributed by atoms with van der Waals surface area (Å²) in [7, 11) is 1.62. The molecule has 2 aromatic rings. The summed E-state index contributed by atoms with van der Waals surface area (Å²) < 4.78 is 5.51. The first kappa shape index (κ1) is 17.8. The van der Waals surface area contributed by atoms with Gasteiger partial charge in [-0.25, -0.2) is 9.78 Å². The number of hydrogen-bond acceptors (Lipinski definition) is 3. The molecule has 1 unspecified atom stereocenters. The average molecular weight is 328 g/mol. The predicted molar refractivity (Wildman–Crippen MR) is 93.8 cm³/mol. The first-order valence-corrected chi connectivity index (χ1v) is 8.13. The summed E-state index contributed by atoms with van der Waals surface area (Å²) >= 11 is 0. The molecule has 0 spiro atoms. The molecule has 128 valence electrons. The summed E-state index contributed by atoms with van der Waals surface area (Å²) in [5, 5.41) is 11.3. The van der Waals surface area contributed by atoms with Crippen molar-refractivity contribution < 1.29 is 14.6 Å². The molecule has 1 aromatic heterocycles. The zero-order chi connectivity index (χ0) is 17.5. The third kappa shape index (κ3) is 4.25. The van der Waals surface area contributed by atoms with Gasteiger partial charge < -0.3 is 15.2 Å². The van der Waals surface area contributed by atoms with Crippen LogP contribution in [-0.4, -0.2) is 29.8 Å². The molecule has 0 fully saturated rings. The van der Waals surface area contributed by atoms with E-state index in [1.54, 1.807) is 7.11 Å². The minimum atomic E-state index is -1.01. The smallest absolute Gasteiger partial charge is 0.404 e. The topological polar surface area (TPSA) is 71.5 Å². The van der Waals surface area contributed by atoms with Gasteiger partial charge in [0.15, 0.2) is 0 Å². The number of methoxy groups -OCH3 is 1. The van der Waals surface area contributed by atoms with E-state index in [0.29, 0.717) is 18.8 Å². The number of carbonyl (C=O) groups is 1. The van der Waals surface area contributed by atoms with Gasteiger partial charge in [0.05, 0.1) is 7.11 Å². The number of aryl methyl sites for hydroxylation is 2. The quantitative estimate of drug-likeness (QED) is 0.812. The SMILES string of the molecule is CCc1cc(C(CCNC(=O)O)c2ccccc2)c(OC)nc1C. The van der Waals surface area contributed by atoms with Crippen LogP contribution < -0.4 is 10.1 Å². The zero-order valence-electron chi connectivity index (χ0n) is 14.4. The van der Waals surface area contributed by atoms with Crippen molar-refractivity contribution in [3.63, 3.8) is 0 Å². The number of nitrogens with one attached hydrogen (secondary N) is 1. The molecule has 0 aliphatic rings. The van der Waals surface area contributed by atoms with E-state index in [1.807, 2.05) is 25.1 Å². The molecule has 1 aromatic carbocycles. The molecule has 1 atom stereocenters. The molecule has 5 heteroatoms. The second kappa shape index (κ2) is 8.34. The Morgan fingerprint density at radius 2 is 2.04 bits per heavy atom. The number of hydrogen-bond donors (Lipinski definition) is 2. The molecule has 2 rings (SSSR count). The van der Waals surface area contributed by atoms with Gasteiger partial charge in [-0.15, -0.1) is 0 Å². The van der Waals surface area contributed by atoms with Gasteiger partial charge in [0.2, 0.25) is 5.88 Å². The Bertz CT molecular complexity index is 687. The highest BCUT2D eigenvalue weighted by Crippen LogP contribution is 2.34. The van der Waals surface area contributed by atoms with Crippen LogP contribution in [-0.2, 0) is 6.42 Å². The van der Waals surface area contributed by atoms with Gasteiger partial charge in [-0.1, -0.05) is 37.3 Å². The second-order valence-electron chi connectivity index (χ2n) is 5.67. The Kier molecular flexibility index (Phi) is 6.18. The lowest BCUT2D eigenvalue weighted by molar-refractivity contribution is 0.194. The van der Waals surface area contributed by atoms with Crippen LogP contribution in [0.3, 0.4) is 0 Å². The third-order valence-corrected chi connectivity index (χ3v) is 4.17. The lowest BCUT2D eigenvalue weighted by Crippen LogP contribution is -2.24. The van der Waals surface area contributed by atoms with E-state index >= 15 is 0 Å². The fraction of sp³-hybridized carbons (Fsp3) is 0.368. The number of ether oxygens (including phenoxy) is 1. The van der Waals surface area contributed by atoms with E-state index in [9.17, 15) is 4.79 Å². The predicted octanol–water partition coefficient (Wildman–Crippen LogP) is 3.75. The third-order valence-electron chi connectivity index (χ3n) is 4.17. The molecule has 1 heterocycles. The van der Waals surface area contributed by atoms with Crippen molar-refractivity contribution in [3.05, 3.63) is 58.8 Å². The van der Waals surface area contributed by atoms with Gasteiger partial charge in [0.1, 0.15) is 0 Å². The van der Waals surface area contributed by atoms with Gasteiger partial charge in [0.25, 0.3) is 0 Å². The van der Waals surface area contributed by atoms with Gasteiger partial charge >= 0.3 is 6.09 Å². The molecular formula is C19H24N2O3. The van der Waals surface area contributed by atoms with E-state index < -0.39 is 6.09 Å². The van der Waals surface area contributed by atoms with E-state index in [4.69, 9.17) is 9.84 Å². The van der Waals surface area contributed by atoms with Crippen LogP contribution in [0.1, 0.15) is 41.6 Å². The standard InChI is InChI=1S/C19H24N2O3/c1-4-14-12-17(18(24-3)21-13(14)2)16(10-11-20-19(22)23)15-8-6-5-7-9-15/h5-9,12,16,20H,4,10-11H2,1-3H3,(H,22,23). The monoisotopic (exact) mass is 328 g/mol. The molecule has 0 aliphatic carbocycles. The Hall–Kier alpha value is -2.56. The number of aromatic nitrogens is 1. The molecule has 0 saturated heterocycles. The number of carboxylic acid groups (broad SMARTS) is 1. The average Bonchev–Trinajstić information content (AvgIpc) is 2.59. The molecule has 2 N–H and O–H groups in total. The maximum Gasteiger partial charge on any atom is 0.404 e. The normalized spacial score (nSPS) is 11.8. The fourth-order valence-corrected chi connectivity index (χ4v) is 2.92. The van der Waals surface area contributed by atoms with Crippen LogP contribution in [0.25, 0.3) is 0 Å². The summed E-state index contributed by atoms with van der Waals surface area (Å²) in [4.78, 5) is 15.4. The number of amides is 1. The molecule has 0 radical (unpaired) electrons. The maximum atomic E-state index is 10.8. The number of nitrogens with zero attached hydrogens (tertiary/aromatic N) is 1. The van der Waals surface area contributed by atoms with Crippen molar-refractivity contribution in [1.82, 2.24) is 10.3 Å². The molecule has 24 heavy (non-hydrogen) atoms. The second-order valence-corrected chi connectivity index (χ2v) is 5.67. The van der Waals surface area contributed by atoms with E-state index in [2.05, 4.69) is 35.4 Å². The van der Waals surface area contributed by atoms with Crippen molar-refractivity contribution >= 4 is 6.09 Å². The summed E-state index contributed by atoms with van der Waals surface area (Å²) in [5.41, 5.74) is 4.26.